The summed E-state index contributed by atoms with van der Waals surface area (Å²) >= 11 is 0. The normalized spacial score (nSPS) is 19.4. The Morgan fingerprint density at radius 2 is 2.12 bits per heavy atom. The lowest BCUT2D eigenvalue weighted by molar-refractivity contribution is 0.412. The zero-order chi connectivity index (χ0) is 11.0. The van der Waals surface area contributed by atoms with E-state index < -0.39 is 0 Å². The van der Waals surface area contributed by atoms with Gasteiger partial charge >= 0.3 is 0 Å². The predicted molar refractivity (Wildman–Crippen MR) is 59.7 cm³/mol. The molecule has 1 unspecified atom stereocenters. The number of rotatable bonds is 1. The van der Waals surface area contributed by atoms with Gasteiger partial charge in [-0.15, -0.1) is 5.10 Å². The van der Waals surface area contributed by atoms with Gasteiger partial charge in [-0.1, -0.05) is 0 Å². The molecule has 0 amide bonds. The Labute approximate surface area is 93.3 Å². The average molecular weight is 215 g/mol. The molecule has 1 aliphatic rings. The van der Waals surface area contributed by atoms with Crippen LogP contribution < -0.4 is 5.73 Å². The molecule has 0 bridgehead atoms. The highest BCUT2D eigenvalue weighted by Gasteiger charge is 2.23. The van der Waals surface area contributed by atoms with Gasteiger partial charge in [0, 0.05) is 18.8 Å². The maximum atomic E-state index is 5.64. The molecule has 0 fully saturated rings. The van der Waals surface area contributed by atoms with Crippen molar-refractivity contribution in [2.24, 2.45) is 0 Å². The molecule has 2 aromatic heterocycles. The van der Waals surface area contributed by atoms with E-state index in [9.17, 15) is 0 Å². The number of aromatic nitrogens is 4. The van der Waals surface area contributed by atoms with Crippen LogP contribution in [0.5, 0.6) is 0 Å². The maximum absolute atomic E-state index is 5.64. The molecule has 1 aliphatic heterocycles. The van der Waals surface area contributed by atoms with Crippen LogP contribution in [0.2, 0.25) is 0 Å². The number of nitrogen functional groups attached to an aromatic ring is 1. The number of hydrogen-bond acceptors (Lipinski definition) is 4. The van der Waals surface area contributed by atoms with E-state index in [1.54, 1.807) is 0 Å². The van der Waals surface area contributed by atoms with Gasteiger partial charge in [0.2, 0.25) is 5.95 Å². The van der Waals surface area contributed by atoms with Gasteiger partial charge in [0.25, 0.3) is 0 Å². The van der Waals surface area contributed by atoms with Crippen LogP contribution in [0.1, 0.15) is 30.3 Å². The van der Waals surface area contributed by atoms with Gasteiger partial charge in [0.15, 0.2) is 0 Å². The van der Waals surface area contributed by atoms with Crippen molar-refractivity contribution in [3.8, 4) is 0 Å². The fraction of sp³-hybridized carbons (Fsp3) is 0.364. The third kappa shape index (κ3) is 1.44. The molecule has 5 nitrogen and oxygen atoms in total. The quantitative estimate of drug-likeness (QED) is 0.775. The van der Waals surface area contributed by atoms with Crippen LogP contribution in [0.25, 0.3) is 0 Å². The fourth-order valence-electron chi connectivity index (χ4n) is 2.26. The second-order valence-corrected chi connectivity index (χ2v) is 4.02. The first kappa shape index (κ1) is 9.33. The summed E-state index contributed by atoms with van der Waals surface area (Å²) in [5, 5.41) is 4.27. The van der Waals surface area contributed by atoms with Crippen LogP contribution in [0.3, 0.4) is 0 Å². The summed E-state index contributed by atoms with van der Waals surface area (Å²) in [5.41, 5.74) is 6.87. The van der Waals surface area contributed by atoms with Crippen molar-refractivity contribution in [1.29, 1.82) is 0 Å². The molecule has 0 aliphatic carbocycles. The molecular formula is C11H13N5. The van der Waals surface area contributed by atoms with E-state index in [0.29, 0.717) is 5.95 Å². The Bertz CT molecular complexity index is 490. The van der Waals surface area contributed by atoms with Gasteiger partial charge < -0.3 is 5.73 Å². The maximum Gasteiger partial charge on any atom is 0.239 e. The highest BCUT2D eigenvalue weighted by Crippen LogP contribution is 2.29. The van der Waals surface area contributed by atoms with Gasteiger partial charge in [-0.25, -0.2) is 4.68 Å². The molecule has 0 saturated heterocycles. The van der Waals surface area contributed by atoms with Gasteiger partial charge in [-0.3, -0.25) is 4.98 Å². The lowest BCUT2D eigenvalue weighted by Gasteiger charge is -2.23. The highest BCUT2D eigenvalue weighted by atomic mass is 15.4. The summed E-state index contributed by atoms with van der Waals surface area (Å²) in [7, 11) is 0. The molecule has 0 saturated carbocycles. The molecule has 16 heavy (non-hydrogen) atoms. The summed E-state index contributed by atoms with van der Waals surface area (Å²) in [6, 6.07) is 4.31. The number of aryl methyl sites for hydroxylation is 1. The molecule has 0 radical (unpaired) electrons. The molecular weight excluding hydrogens is 202 g/mol. The Kier molecular flexibility index (Phi) is 2.09. The number of hydrogen-bond donors (Lipinski definition) is 1. The van der Waals surface area contributed by atoms with Crippen LogP contribution in [-0.4, -0.2) is 19.7 Å². The fourth-order valence-corrected chi connectivity index (χ4v) is 2.26. The zero-order valence-electron chi connectivity index (χ0n) is 8.87. The molecule has 3 heterocycles. The van der Waals surface area contributed by atoms with E-state index in [4.69, 9.17) is 5.73 Å². The van der Waals surface area contributed by atoms with Crippen molar-refractivity contribution in [3.05, 3.63) is 35.9 Å². The van der Waals surface area contributed by atoms with Gasteiger partial charge in [0.05, 0.1) is 6.04 Å². The van der Waals surface area contributed by atoms with Crippen LogP contribution in [0.4, 0.5) is 5.95 Å². The number of nitrogens with two attached hydrogens (primary N) is 1. The van der Waals surface area contributed by atoms with Crippen LogP contribution >= 0.6 is 0 Å². The summed E-state index contributed by atoms with van der Waals surface area (Å²) < 4.78 is 1.95. The van der Waals surface area contributed by atoms with Crippen LogP contribution in [0, 0.1) is 0 Å². The van der Waals surface area contributed by atoms with Crippen LogP contribution in [0.15, 0.2) is 24.5 Å². The Morgan fingerprint density at radius 3 is 2.94 bits per heavy atom. The smallest absolute Gasteiger partial charge is 0.239 e. The van der Waals surface area contributed by atoms with Gasteiger partial charge in [-0.2, -0.15) is 4.98 Å². The summed E-state index contributed by atoms with van der Waals surface area (Å²) in [5.74, 6) is 1.36. The summed E-state index contributed by atoms with van der Waals surface area (Å²) in [6.07, 6.45) is 6.80. The second kappa shape index (κ2) is 3.59. The van der Waals surface area contributed by atoms with Crippen molar-refractivity contribution in [2.45, 2.75) is 25.3 Å². The molecule has 3 rings (SSSR count). The minimum atomic E-state index is 0.261. The molecule has 0 spiro atoms. The third-order valence-corrected chi connectivity index (χ3v) is 2.98. The molecule has 2 aromatic rings. The van der Waals surface area contributed by atoms with E-state index in [1.165, 1.54) is 5.56 Å². The first-order valence-electron chi connectivity index (χ1n) is 5.45. The number of pyridine rings is 1. The first-order valence-corrected chi connectivity index (χ1v) is 5.45. The monoisotopic (exact) mass is 215 g/mol. The predicted octanol–water partition coefficient (Wildman–Crippen LogP) is 1.18. The van der Waals surface area contributed by atoms with Crippen molar-refractivity contribution < 1.29 is 0 Å². The number of fused-ring (bicyclic) bond motifs is 1. The van der Waals surface area contributed by atoms with E-state index in [2.05, 4.69) is 15.1 Å². The van der Waals surface area contributed by atoms with E-state index in [0.717, 1.165) is 25.1 Å². The lowest BCUT2D eigenvalue weighted by atomic mass is 9.99. The van der Waals surface area contributed by atoms with Crippen molar-refractivity contribution in [3.63, 3.8) is 0 Å². The first-order chi connectivity index (χ1) is 7.84. The lowest BCUT2D eigenvalue weighted by Crippen LogP contribution is -2.20. The average Bonchev–Trinajstić information content (AvgIpc) is 2.70. The molecule has 5 heteroatoms. The van der Waals surface area contributed by atoms with Crippen molar-refractivity contribution in [1.82, 2.24) is 19.7 Å². The van der Waals surface area contributed by atoms with Crippen molar-refractivity contribution >= 4 is 5.95 Å². The van der Waals surface area contributed by atoms with Crippen LogP contribution in [-0.2, 0) is 6.42 Å². The van der Waals surface area contributed by atoms with E-state index in [1.807, 2.05) is 29.2 Å². The SMILES string of the molecule is Nc1nc2n(n1)C(c1ccncc1)CCC2. The molecule has 82 valence electrons. The second-order valence-electron chi connectivity index (χ2n) is 4.02. The van der Waals surface area contributed by atoms with E-state index in [-0.39, 0.29) is 6.04 Å². The largest absolute Gasteiger partial charge is 0.366 e. The summed E-state index contributed by atoms with van der Waals surface area (Å²) in [4.78, 5) is 8.27. The molecule has 2 N–H and O–H groups in total. The summed E-state index contributed by atoms with van der Waals surface area (Å²) in [6.45, 7) is 0. The Hall–Kier alpha value is -1.91. The highest BCUT2D eigenvalue weighted by molar-refractivity contribution is 5.22. The number of nitrogens with zero attached hydrogens (tertiary/aromatic N) is 4. The Morgan fingerprint density at radius 1 is 1.31 bits per heavy atom. The minimum absolute atomic E-state index is 0.261. The van der Waals surface area contributed by atoms with Gasteiger partial charge in [0.1, 0.15) is 5.82 Å². The number of anilines is 1. The molecule has 1 atom stereocenters. The minimum Gasteiger partial charge on any atom is -0.366 e. The van der Waals surface area contributed by atoms with E-state index >= 15 is 0 Å². The topological polar surface area (TPSA) is 69.6 Å². The molecule has 0 aromatic carbocycles. The third-order valence-electron chi connectivity index (χ3n) is 2.98. The Balaban J connectivity index is 2.05. The van der Waals surface area contributed by atoms with Crippen molar-refractivity contribution in [2.75, 3.05) is 5.73 Å². The zero-order valence-corrected chi connectivity index (χ0v) is 8.87. The standard InChI is InChI=1S/C11H13N5/c12-11-14-10-3-1-2-9(16(10)15-11)8-4-6-13-7-5-8/h4-7,9H,1-3H2,(H2,12,15). The van der Waals surface area contributed by atoms with Gasteiger partial charge in [-0.05, 0) is 30.5 Å².